The molecule has 0 aliphatic heterocycles. The Kier molecular flexibility index (Phi) is 2.48. The molecule has 0 spiro atoms. The van der Waals surface area contributed by atoms with Gasteiger partial charge in [0.05, 0.1) is 0 Å². The third kappa shape index (κ3) is 1.59. The average Bonchev–Trinajstić information content (AvgIpc) is 1.90. The first-order chi connectivity index (χ1) is 4.86. The van der Waals surface area contributed by atoms with Crippen LogP contribution in [0.5, 0.6) is 0 Å². The van der Waals surface area contributed by atoms with Gasteiger partial charge < -0.3 is 10.0 Å². The van der Waals surface area contributed by atoms with Crippen molar-refractivity contribution >= 4 is 7.69 Å². The van der Waals surface area contributed by atoms with Crippen LogP contribution >= 0.6 is 0 Å². The Bertz CT molecular complexity index is 188. The minimum atomic E-state index is 0. The van der Waals surface area contributed by atoms with Crippen LogP contribution in [0, 0.1) is 0 Å². The van der Waals surface area contributed by atoms with Crippen LogP contribution < -0.4 is 0 Å². The first kappa shape index (κ1) is 7.31. The van der Waals surface area contributed by atoms with E-state index in [1.807, 2.05) is 0 Å². The molecule has 2 N–H and O–H groups in total. The zero-order valence-electron chi connectivity index (χ0n) is 5.49. The lowest BCUT2D eigenvalue weighted by molar-refractivity contribution is 0.448. The van der Waals surface area contributed by atoms with Crippen LogP contribution in [0.15, 0.2) is 24.3 Å². The second-order valence-corrected chi connectivity index (χ2v) is 2.11. The molecule has 2 aliphatic carbocycles. The molecule has 0 atom stereocenters. The molecule has 10 heavy (non-hydrogen) atoms. The molecule has 3 rings (SSSR count). The third-order valence-corrected chi connectivity index (χ3v) is 1.40. The molecule has 0 saturated carbocycles. The number of fused-ring (bicyclic) bond motifs is 2. The van der Waals surface area contributed by atoms with E-state index in [0.29, 0.717) is 0 Å². The predicted molar refractivity (Wildman–Crippen MR) is 39.4 cm³/mol. The van der Waals surface area contributed by atoms with E-state index in [0.717, 1.165) is 0 Å². The quantitative estimate of drug-likeness (QED) is 0.502. The monoisotopic (exact) mass is 135 g/mol. The van der Waals surface area contributed by atoms with Crippen LogP contribution in [-0.4, -0.2) is 17.7 Å². The van der Waals surface area contributed by atoms with Crippen molar-refractivity contribution < 1.29 is 10.0 Å². The molecule has 0 fully saturated rings. The maximum atomic E-state index is 7.00. The molecule has 1 radical (unpaired) electrons. The lowest BCUT2D eigenvalue weighted by Gasteiger charge is -2.11. The van der Waals surface area contributed by atoms with Crippen molar-refractivity contribution in [3.8, 4) is 0 Å². The molecule has 2 bridgehead atoms. The summed E-state index contributed by atoms with van der Waals surface area (Å²) in [4.78, 5) is 0. The van der Waals surface area contributed by atoms with Gasteiger partial charge in [0.2, 0.25) is 0 Å². The lowest BCUT2D eigenvalue weighted by atomic mass is 9.94. The summed E-state index contributed by atoms with van der Waals surface area (Å²) < 4.78 is 0. The van der Waals surface area contributed by atoms with E-state index in [4.69, 9.17) is 10.0 Å². The highest BCUT2D eigenvalue weighted by Crippen LogP contribution is 2.18. The molecule has 0 unspecified atom stereocenters. The van der Waals surface area contributed by atoms with E-state index < -0.39 is 0 Å². The summed E-state index contributed by atoms with van der Waals surface area (Å²) in [7, 11) is 0. The molecule has 51 valence electrons. The summed E-state index contributed by atoms with van der Waals surface area (Å²) in [5.74, 6) is 0. The van der Waals surface area contributed by atoms with Crippen LogP contribution in [0.4, 0.5) is 0 Å². The highest BCUT2D eigenvalue weighted by molar-refractivity contribution is 6.13. The van der Waals surface area contributed by atoms with Crippen molar-refractivity contribution in [2.45, 2.75) is 6.42 Å². The Morgan fingerprint density at radius 3 is 1.70 bits per heavy atom. The Morgan fingerprint density at radius 2 is 1.60 bits per heavy atom. The molecule has 0 aromatic heterocycles. The fourth-order valence-electron chi connectivity index (χ4n) is 0.954. The normalized spacial score (nSPS) is 10.6. The minimum Gasteiger partial charge on any atom is -0.429 e. The van der Waals surface area contributed by atoms with Crippen molar-refractivity contribution in [2.24, 2.45) is 0 Å². The molecule has 3 heteroatoms. The number of rotatable bonds is 0. The molecule has 2 aliphatic rings. The average molecular weight is 135 g/mol. The van der Waals surface area contributed by atoms with E-state index in [9.17, 15) is 0 Å². The van der Waals surface area contributed by atoms with Gasteiger partial charge in [-0.2, -0.15) is 0 Å². The summed E-state index contributed by atoms with van der Waals surface area (Å²) in [6.45, 7) is 0. The summed E-state index contributed by atoms with van der Waals surface area (Å²) in [5.41, 5.74) is 2.97. The predicted octanol–water partition coefficient (Wildman–Crippen LogP) is 0.0960. The van der Waals surface area contributed by atoms with Gasteiger partial charge in [0.25, 0.3) is 0 Å². The second kappa shape index (κ2) is 3.39. The molecule has 2 nitrogen and oxygen atoms in total. The van der Waals surface area contributed by atoms with Gasteiger partial charge in [-0.15, -0.1) is 0 Å². The van der Waals surface area contributed by atoms with Gasteiger partial charge in [-0.1, -0.05) is 24.3 Å². The van der Waals surface area contributed by atoms with Gasteiger partial charge in [0.1, 0.15) is 0 Å². The highest BCUT2D eigenvalue weighted by Gasteiger charge is 2.04. The third-order valence-electron chi connectivity index (χ3n) is 1.40. The Labute approximate surface area is 60.4 Å². The first-order valence-corrected chi connectivity index (χ1v) is 3.04. The van der Waals surface area contributed by atoms with Gasteiger partial charge in [-0.05, 0) is 17.5 Å². The minimum absolute atomic E-state index is 0. The maximum absolute atomic E-state index is 7.00. The van der Waals surface area contributed by atoms with Crippen LogP contribution in [0.1, 0.15) is 11.1 Å². The summed E-state index contributed by atoms with van der Waals surface area (Å²) >= 11 is 0. The SMILES string of the molecule is O[B]O.c1cc2cc(c1)C2. The van der Waals surface area contributed by atoms with Gasteiger partial charge >= 0.3 is 7.69 Å². The van der Waals surface area contributed by atoms with Gasteiger partial charge in [0, 0.05) is 0 Å². The van der Waals surface area contributed by atoms with Crippen LogP contribution in [0.25, 0.3) is 0 Å². The van der Waals surface area contributed by atoms with Crippen LogP contribution in [-0.2, 0) is 6.42 Å². The highest BCUT2D eigenvalue weighted by atomic mass is 16.4. The Hall–Kier alpha value is -0.795. The molecule has 1 aromatic carbocycles. The fourth-order valence-corrected chi connectivity index (χ4v) is 0.954. The Morgan fingerprint density at radius 1 is 1.20 bits per heavy atom. The van der Waals surface area contributed by atoms with Crippen molar-refractivity contribution in [3.63, 3.8) is 0 Å². The smallest absolute Gasteiger partial charge is 0.429 e. The molecule has 0 heterocycles. The molecule has 0 saturated heterocycles. The lowest BCUT2D eigenvalue weighted by Crippen LogP contribution is -1.97. The van der Waals surface area contributed by atoms with Crippen LogP contribution in [0.2, 0.25) is 0 Å². The zero-order valence-corrected chi connectivity index (χ0v) is 5.49. The molecule has 1 aromatic rings. The summed E-state index contributed by atoms with van der Waals surface area (Å²) in [5, 5.41) is 14.0. The number of hydrogen-bond acceptors (Lipinski definition) is 2. The van der Waals surface area contributed by atoms with Gasteiger partial charge in [0.15, 0.2) is 0 Å². The van der Waals surface area contributed by atoms with Crippen molar-refractivity contribution in [3.05, 3.63) is 35.4 Å². The first-order valence-electron chi connectivity index (χ1n) is 3.04. The van der Waals surface area contributed by atoms with Gasteiger partial charge in [-0.3, -0.25) is 0 Å². The Balaban J connectivity index is 0.000000148. The molecule has 0 amide bonds. The van der Waals surface area contributed by atoms with Crippen molar-refractivity contribution in [1.82, 2.24) is 0 Å². The van der Waals surface area contributed by atoms with Crippen molar-refractivity contribution in [1.29, 1.82) is 0 Å². The van der Waals surface area contributed by atoms with Crippen LogP contribution in [0.3, 0.4) is 0 Å². The van der Waals surface area contributed by atoms with Gasteiger partial charge in [-0.25, -0.2) is 0 Å². The van der Waals surface area contributed by atoms with E-state index >= 15 is 0 Å². The number of benzene rings is 1. The maximum Gasteiger partial charge on any atom is 0.482 e. The standard InChI is InChI=1S/C7H6.BH2O2/c1-2-6-4-7(3-1)5-6;2-1-3/h1-4H,5H2;2-3H. The second-order valence-electron chi connectivity index (χ2n) is 2.11. The zero-order chi connectivity index (χ0) is 7.40. The molecular weight excluding hydrogens is 127 g/mol. The fraction of sp³-hybridized carbons (Fsp3) is 0.143. The largest absolute Gasteiger partial charge is 0.482 e. The number of hydrogen-bond donors (Lipinski definition) is 2. The summed E-state index contributed by atoms with van der Waals surface area (Å²) in [6.07, 6.45) is 1.22. The van der Waals surface area contributed by atoms with E-state index in [2.05, 4.69) is 24.3 Å². The van der Waals surface area contributed by atoms with Crippen molar-refractivity contribution in [2.75, 3.05) is 0 Å². The topological polar surface area (TPSA) is 40.5 Å². The van der Waals surface area contributed by atoms with E-state index in [-0.39, 0.29) is 7.69 Å². The van der Waals surface area contributed by atoms with E-state index in [1.165, 1.54) is 17.5 Å². The summed E-state index contributed by atoms with van der Waals surface area (Å²) in [6, 6.07) is 8.65. The van der Waals surface area contributed by atoms with E-state index in [1.54, 1.807) is 0 Å². The molecular formula is C7H8BO2.